The number of rotatable bonds is 7. The normalized spacial score (nSPS) is 16.2. The number of benzene rings is 1. The number of nitrogens with one attached hydrogen (secondary N) is 1. The van der Waals surface area contributed by atoms with Gasteiger partial charge in [0, 0.05) is 24.5 Å². The highest BCUT2D eigenvalue weighted by atomic mass is 35.5. The van der Waals surface area contributed by atoms with E-state index in [0.717, 1.165) is 18.1 Å². The summed E-state index contributed by atoms with van der Waals surface area (Å²) in [5, 5.41) is 3.45. The molecule has 0 spiro atoms. The molecular formula is C17H25ClN2OS. The van der Waals surface area contributed by atoms with Crippen molar-refractivity contribution in [3.8, 4) is 0 Å². The van der Waals surface area contributed by atoms with Crippen LogP contribution in [0.2, 0.25) is 5.02 Å². The summed E-state index contributed by atoms with van der Waals surface area (Å²) in [5.41, 5.74) is 0.698. The first-order valence-corrected chi connectivity index (χ1v) is 9.63. The first kappa shape index (κ1) is 17.6. The Morgan fingerprint density at radius 2 is 1.86 bits per heavy atom. The van der Waals surface area contributed by atoms with Crippen LogP contribution < -0.4 is 5.32 Å². The summed E-state index contributed by atoms with van der Waals surface area (Å²) in [5.74, 6) is 2.01. The number of carbonyl (C=O) groups excluding carboxylic acids is 1. The van der Waals surface area contributed by atoms with Crippen LogP contribution in [0.4, 0.5) is 5.69 Å². The Hall–Kier alpha value is -0.710. The van der Waals surface area contributed by atoms with Crippen LogP contribution in [0.3, 0.4) is 0 Å². The van der Waals surface area contributed by atoms with Gasteiger partial charge in [0.2, 0.25) is 5.91 Å². The molecule has 0 atom stereocenters. The second kappa shape index (κ2) is 10.1. The second-order valence-electron chi connectivity index (χ2n) is 5.65. The molecule has 0 saturated carbocycles. The molecule has 1 fully saturated rings. The lowest BCUT2D eigenvalue weighted by atomic mass is 10.2. The van der Waals surface area contributed by atoms with Crippen LogP contribution in [-0.4, -0.2) is 41.9 Å². The maximum atomic E-state index is 11.9. The molecule has 1 saturated heterocycles. The standard InChI is InChI=1S/C17H25ClN2OS/c18-15-7-3-4-8-16(15)19-17(21)9-13-22-14-12-20-10-5-1-2-6-11-20/h3-4,7-8H,1-2,5-6,9-14H2,(H,19,21). The van der Waals surface area contributed by atoms with E-state index in [9.17, 15) is 4.79 Å². The quantitative estimate of drug-likeness (QED) is 0.752. The zero-order chi connectivity index (χ0) is 15.6. The fourth-order valence-corrected chi connectivity index (χ4v) is 3.70. The van der Waals surface area contributed by atoms with Crippen molar-refractivity contribution in [3.05, 3.63) is 29.3 Å². The molecule has 0 aromatic heterocycles. The zero-order valence-electron chi connectivity index (χ0n) is 13.0. The number of thioether (sulfide) groups is 1. The number of nitrogens with zero attached hydrogens (tertiary/aromatic N) is 1. The van der Waals surface area contributed by atoms with Crippen molar-refractivity contribution in [2.24, 2.45) is 0 Å². The minimum Gasteiger partial charge on any atom is -0.325 e. The number of likely N-dealkylation sites (tertiary alicyclic amines) is 1. The van der Waals surface area contributed by atoms with Gasteiger partial charge in [-0.25, -0.2) is 0 Å². The first-order valence-electron chi connectivity index (χ1n) is 8.10. The molecule has 0 radical (unpaired) electrons. The number of amides is 1. The van der Waals surface area contributed by atoms with Crippen LogP contribution in [0, 0.1) is 0 Å². The van der Waals surface area contributed by atoms with E-state index in [4.69, 9.17) is 11.6 Å². The maximum absolute atomic E-state index is 11.9. The Kier molecular flexibility index (Phi) is 8.13. The van der Waals surface area contributed by atoms with Gasteiger partial charge < -0.3 is 10.2 Å². The third-order valence-corrected chi connectivity index (χ3v) is 5.17. The van der Waals surface area contributed by atoms with Gasteiger partial charge in [-0.2, -0.15) is 11.8 Å². The second-order valence-corrected chi connectivity index (χ2v) is 7.28. The maximum Gasteiger partial charge on any atom is 0.225 e. The molecule has 1 N–H and O–H groups in total. The monoisotopic (exact) mass is 340 g/mol. The van der Waals surface area contributed by atoms with Gasteiger partial charge in [0.15, 0.2) is 0 Å². The van der Waals surface area contributed by atoms with Crippen molar-refractivity contribution in [1.82, 2.24) is 4.90 Å². The zero-order valence-corrected chi connectivity index (χ0v) is 14.6. The van der Waals surface area contributed by atoms with Crippen molar-refractivity contribution in [3.63, 3.8) is 0 Å². The number of halogens is 1. The van der Waals surface area contributed by atoms with Gasteiger partial charge in [0.25, 0.3) is 0 Å². The van der Waals surface area contributed by atoms with E-state index < -0.39 is 0 Å². The molecule has 0 unspecified atom stereocenters. The fraction of sp³-hybridized carbons (Fsp3) is 0.588. The number of hydrogen-bond acceptors (Lipinski definition) is 3. The van der Waals surface area contributed by atoms with E-state index >= 15 is 0 Å². The van der Waals surface area contributed by atoms with Gasteiger partial charge in [-0.3, -0.25) is 4.79 Å². The molecule has 1 aliphatic rings. The lowest BCUT2D eigenvalue weighted by Crippen LogP contribution is -2.27. The molecule has 3 nitrogen and oxygen atoms in total. The van der Waals surface area contributed by atoms with Crippen molar-refractivity contribution in [2.45, 2.75) is 32.1 Å². The number of anilines is 1. The average Bonchev–Trinajstić information content (AvgIpc) is 2.78. The lowest BCUT2D eigenvalue weighted by molar-refractivity contribution is -0.115. The van der Waals surface area contributed by atoms with Gasteiger partial charge in [-0.15, -0.1) is 0 Å². The summed E-state index contributed by atoms with van der Waals surface area (Å²) in [6, 6.07) is 7.34. The lowest BCUT2D eigenvalue weighted by Gasteiger charge is -2.19. The molecule has 1 aliphatic heterocycles. The van der Waals surface area contributed by atoms with E-state index in [0.29, 0.717) is 17.1 Å². The molecule has 22 heavy (non-hydrogen) atoms. The van der Waals surface area contributed by atoms with Gasteiger partial charge >= 0.3 is 0 Å². The number of carbonyl (C=O) groups is 1. The summed E-state index contributed by atoms with van der Waals surface area (Å²) >= 11 is 7.89. The fourth-order valence-electron chi connectivity index (χ4n) is 2.60. The van der Waals surface area contributed by atoms with Gasteiger partial charge in [0.1, 0.15) is 0 Å². The smallest absolute Gasteiger partial charge is 0.225 e. The average molecular weight is 341 g/mol. The van der Waals surface area contributed by atoms with Crippen molar-refractivity contribution < 1.29 is 4.79 Å². The van der Waals surface area contributed by atoms with Crippen molar-refractivity contribution in [2.75, 3.05) is 36.5 Å². The van der Waals surface area contributed by atoms with Gasteiger partial charge in [-0.05, 0) is 38.1 Å². The van der Waals surface area contributed by atoms with E-state index in [1.165, 1.54) is 38.8 Å². The van der Waals surface area contributed by atoms with Crippen LogP contribution in [0.25, 0.3) is 0 Å². The van der Waals surface area contributed by atoms with Crippen LogP contribution in [0.5, 0.6) is 0 Å². The van der Waals surface area contributed by atoms with Crippen LogP contribution in [0.1, 0.15) is 32.1 Å². The predicted molar refractivity (Wildman–Crippen MR) is 96.9 cm³/mol. The SMILES string of the molecule is O=C(CCSCCN1CCCCCC1)Nc1ccccc1Cl. The Bertz CT molecular complexity index is 462. The molecule has 1 amide bonds. The Morgan fingerprint density at radius 3 is 2.59 bits per heavy atom. The van der Waals surface area contributed by atoms with E-state index in [1.54, 1.807) is 6.07 Å². The number of hydrogen-bond donors (Lipinski definition) is 1. The summed E-state index contributed by atoms with van der Waals surface area (Å²) in [7, 11) is 0. The molecule has 1 aromatic rings. The van der Waals surface area contributed by atoms with E-state index in [-0.39, 0.29) is 5.91 Å². The van der Waals surface area contributed by atoms with E-state index in [1.807, 2.05) is 30.0 Å². The molecule has 0 aliphatic carbocycles. The van der Waals surface area contributed by atoms with Crippen LogP contribution in [-0.2, 0) is 4.79 Å². The largest absolute Gasteiger partial charge is 0.325 e. The molecule has 1 heterocycles. The summed E-state index contributed by atoms with van der Waals surface area (Å²) in [4.78, 5) is 14.4. The minimum atomic E-state index is 0.0374. The van der Waals surface area contributed by atoms with Crippen molar-refractivity contribution >= 4 is 35.0 Å². The van der Waals surface area contributed by atoms with Crippen molar-refractivity contribution in [1.29, 1.82) is 0 Å². The molecule has 5 heteroatoms. The first-order chi connectivity index (χ1) is 10.8. The van der Waals surface area contributed by atoms with Gasteiger partial charge in [0.05, 0.1) is 10.7 Å². The topological polar surface area (TPSA) is 32.3 Å². The highest BCUT2D eigenvalue weighted by Gasteiger charge is 2.09. The summed E-state index contributed by atoms with van der Waals surface area (Å²) in [6.45, 7) is 3.64. The van der Waals surface area contributed by atoms with Crippen LogP contribution >= 0.6 is 23.4 Å². The Morgan fingerprint density at radius 1 is 1.14 bits per heavy atom. The molecular weight excluding hydrogens is 316 g/mol. The highest BCUT2D eigenvalue weighted by molar-refractivity contribution is 7.99. The highest BCUT2D eigenvalue weighted by Crippen LogP contribution is 2.20. The third-order valence-electron chi connectivity index (χ3n) is 3.87. The molecule has 1 aromatic carbocycles. The summed E-state index contributed by atoms with van der Waals surface area (Å²) < 4.78 is 0. The molecule has 0 bridgehead atoms. The third kappa shape index (κ3) is 6.59. The Labute approximate surface area is 142 Å². The number of para-hydroxylation sites is 1. The molecule has 2 rings (SSSR count). The minimum absolute atomic E-state index is 0.0374. The van der Waals surface area contributed by atoms with Gasteiger partial charge in [-0.1, -0.05) is 36.6 Å². The van der Waals surface area contributed by atoms with E-state index in [2.05, 4.69) is 10.2 Å². The molecule has 122 valence electrons. The van der Waals surface area contributed by atoms with Crippen LogP contribution in [0.15, 0.2) is 24.3 Å². The summed E-state index contributed by atoms with van der Waals surface area (Å²) in [6.07, 6.45) is 5.98. The predicted octanol–water partition coefficient (Wildman–Crippen LogP) is 4.28. The Balaban J connectivity index is 1.56.